The first-order chi connectivity index (χ1) is 7.59. The van der Waals surface area contributed by atoms with Gasteiger partial charge in [0, 0.05) is 0 Å². The first-order valence-electron chi connectivity index (χ1n) is 5.06. The van der Waals surface area contributed by atoms with E-state index in [-0.39, 0.29) is 11.7 Å². The molecule has 0 saturated heterocycles. The zero-order valence-electron chi connectivity index (χ0n) is 9.18. The molecule has 1 aromatic carbocycles. The van der Waals surface area contributed by atoms with Gasteiger partial charge in [0.2, 0.25) is 0 Å². The largest absolute Gasteiger partial charge is 0.381 e. The smallest absolute Gasteiger partial charge is 0.169 e. The normalized spacial score (nSPS) is 11.0. The van der Waals surface area contributed by atoms with Gasteiger partial charge in [0.1, 0.15) is 5.82 Å². The molecule has 4 nitrogen and oxygen atoms in total. The molecule has 0 unspecified atom stereocenters. The predicted octanol–water partition coefficient (Wildman–Crippen LogP) is 2.11. The number of nitrogens with zero attached hydrogens (tertiary/aromatic N) is 3. The van der Waals surface area contributed by atoms with Gasteiger partial charge in [0.25, 0.3) is 0 Å². The lowest BCUT2D eigenvalue weighted by Gasteiger charge is -2.09. The summed E-state index contributed by atoms with van der Waals surface area (Å²) in [6.07, 6.45) is 0. The van der Waals surface area contributed by atoms with Crippen LogP contribution >= 0.6 is 0 Å². The number of halogens is 1. The number of benzene rings is 1. The van der Waals surface area contributed by atoms with Crippen molar-refractivity contribution in [2.75, 3.05) is 5.73 Å². The second-order valence-electron chi connectivity index (χ2n) is 3.90. The van der Waals surface area contributed by atoms with Crippen LogP contribution < -0.4 is 5.73 Å². The van der Waals surface area contributed by atoms with E-state index < -0.39 is 0 Å². The monoisotopic (exact) mass is 220 g/mol. The van der Waals surface area contributed by atoms with E-state index in [0.717, 1.165) is 11.4 Å². The molecule has 0 aliphatic rings. The van der Waals surface area contributed by atoms with E-state index in [1.54, 1.807) is 16.8 Å². The Kier molecular flexibility index (Phi) is 2.60. The van der Waals surface area contributed by atoms with Crippen LogP contribution in [0.25, 0.3) is 5.69 Å². The Hall–Kier alpha value is -1.91. The maximum atomic E-state index is 12.8. The van der Waals surface area contributed by atoms with Crippen molar-refractivity contribution in [3.63, 3.8) is 0 Å². The van der Waals surface area contributed by atoms with Crippen molar-refractivity contribution < 1.29 is 4.39 Å². The number of nitrogens with two attached hydrogens (primary N) is 1. The fraction of sp³-hybridized carbons (Fsp3) is 0.273. The molecule has 2 aromatic rings. The molecule has 0 fully saturated rings. The number of hydrogen-bond acceptors (Lipinski definition) is 3. The average molecular weight is 220 g/mol. The van der Waals surface area contributed by atoms with Crippen molar-refractivity contribution in [3.8, 4) is 5.69 Å². The number of hydrogen-bond donors (Lipinski definition) is 1. The van der Waals surface area contributed by atoms with Gasteiger partial charge in [0.05, 0.1) is 11.4 Å². The second-order valence-corrected chi connectivity index (χ2v) is 3.90. The standard InChI is InChI=1S/C11H13FN4/c1-7(2)10-11(13)14-15-16(10)9-5-3-8(12)4-6-9/h3-7H,13H2,1-2H3. The van der Waals surface area contributed by atoms with E-state index in [0.29, 0.717) is 5.82 Å². The van der Waals surface area contributed by atoms with Crippen LogP contribution in [0.1, 0.15) is 25.5 Å². The third kappa shape index (κ3) is 1.76. The van der Waals surface area contributed by atoms with E-state index in [2.05, 4.69) is 10.3 Å². The molecule has 2 N–H and O–H groups in total. The number of anilines is 1. The Bertz CT molecular complexity index is 487. The molecule has 0 atom stereocenters. The van der Waals surface area contributed by atoms with Gasteiger partial charge in [-0.25, -0.2) is 9.07 Å². The molecule has 5 heteroatoms. The maximum Gasteiger partial charge on any atom is 0.169 e. The summed E-state index contributed by atoms with van der Waals surface area (Å²) < 4.78 is 14.4. The first-order valence-corrected chi connectivity index (χ1v) is 5.06. The van der Waals surface area contributed by atoms with Gasteiger partial charge >= 0.3 is 0 Å². The molecule has 0 bridgehead atoms. The van der Waals surface area contributed by atoms with Crippen molar-refractivity contribution in [1.29, 1.82) is 0 Å². The molecule has 84 valence electrons. The highest BCUT2D eigenvalue weighted by Gasteiger charge is 2.14. The van der Waals surface area contributed by atoms with Gasteiger partial charge in [-0.3, -0.25) is 0 Å². The minimum atomic E-state index is -0.275. The topological polar surface area (TPSA) is 56.7 Å². The van der Waals surface area contributed by atoms with Crippen LogP contribution in [-0.4, -0.2) is 15.0 Å². The second kappa shape index (κ2) is 3.92. The summed E-state index contributed by atoms with van der Waals surface area (Å²) in [5.74, 6) is 0.349. The van der Waals surface area contributed by atoms with E-state index in [4.69, 9.17) is 5.73 Å². The lowest BCUT2D eigenvalue weighted by Crippen LogP contribution is -2.05. The predicted molar refractivity (Wildman–Crippen MR) is 59.8 cm³/mol. The average Bonchev–Trinajstić information content (AvgIpc) is 2.61. The molecule has 1 heterocycles. The van der Waals surface area contributed by atoms with Gasteiger partial charge in [-0.1, -0.05) is 19.1 Å². The van der Waals surface area contributed by atoms with E-state index in [9.17, 15) is 4.39 Å². The fourth-order valence-corrected chi connectivity index (χ4v) is 1.61. The molecule has 0 saturated carbocycles. The van der Waals surface area contributed by atoms with Gasteiger partial charge in [-0.05, 0) is 30.2 Å². The van der Waals surface area contributed by atoms with E-state index in [1.165, 1.54) is 12.1 Å². The Morgan fingerprint density at radius 2 is 1.88 bits per heavy atom. The highest BCUT2D eigenvalue weighted by molar-refractivity contribution is 5.42. The molecular weight excluding hydrogens is 207 g/mol. The summed E-state index contributed by atoms with van der Waals surface area (Å²) >= 11 is 0. The molecular formula is C11H13FN4. The van der Waals surface area contributed by atoms with Crippen molar-refractivity contribution >= 4 is 5.82 Å². The van der Waals surface area contributed by atoms with Crippen LogP contribution in [0.5, 0.6) is 0 Å². The highest BCUT2D eigenvalue weighted by Crippen LogP contribution is 2.22. The zero-order chi connectivity index (χ0) is 11.7. The van der Waals surface area contributed by atoms with Crippen molar-refractivity contribution in [2.24, 2.45) is 0 Å². The third-order valence-electron chi connectivity index (χ3n) is 2.35. The minimum absolute atomic E-state index is 0.208. The molecule has 2 rings (SSSR count). The summed E-state index contributed by atoms with van der Waals surface area (Å²) in [5.41, 5.74) is 7.34. The Labute approximate surface area is 92.9 Å². The number of nitrogen functional groups attached to an aromatic ring is 1. The summed E-state index contributed by atoms with van der Waals surface area (Å²) in [5, 5.41) is 7.79. The molecule has 0 aliphatic carbocycles. The van der Waals surface area contributed by atoms with Gasteiger partial charge < -0.3 is 5.73 Å². The van der Waals surface area contributed by atoms with Gasteiger partial charge in [-0.2, -0.15) is 0 Å². The Morgan fingerprint density at radius 3 is 2.44 bits per heavy atom. The summed E-state index contributed by atoms with van der Waals surface area (Å²) in [7, 11) is 0. The zero-order valence-corrected chi connectivity index (χ0v) is 9.18. The van der Waals surface area contributed by atoms with Gasteiger partial charge in [-0.15, -0.1) is 5.10 Å². The SMILES string of the molecule is CC(C)c1c(N)nnn1-c1ccc(F)cc1. The van der Waals surface area contributed by atoms with Crippen LogP contribution in [-0.2, 0) is 0 Å². The highest BCUT2D eigenvalue weighted by atomic mass is 19.1. The molecule has 16 heavy (non-hydrogen) atoms. The van der Waals surface area contributed by atoms with Crippen LogP contribution in [0, 0.1) is 5.82 Å². The van der Waals surface area contributed by atoms with Crippen LogP contribution in [0.15, 0.2) is 24.3 Å². The van der Waals surface area contributed by atoms with Crippen molar-refractivity contribution in [1.82, 2.24) is 15.0 Å². The van der Waals surface area contributed by atoms with E-state index >= 15 is 0 Å². The van der Waals surface area contributed by atoms with Gasteiger partial charge in [0.15, 0.2) is 5.82 Å². The van der Waals surface area contributed by atoms with Crippen LogP contribution in [0.4, 0.5) is 10.2 Å². The Morgan fingerprint density at radius 1 is 1.25 bits per heavy atom. The molecule has 0 radical (unpaired) electrons. The summed E-state index contributed by atoms with van der Waals surface area (Å²) in [6, 6.07) is 6.07. The van der Waals surface area contributed by atoms with Crippen molar-refractivity contribution in [3.05, 3.63) is 35.8 Å². The van der Waals surface area contributed by atoms with Crippen LogP contribution in [0.2, 0.25) is 0 Å². The maximum absolute atomic E-state index is 12.8. The fourth-order valence-electron chi connectivity index (χ4n) is 1.61. The van der Waals surface area contributed by atoms with Crippen molar-refractivity contribution in [2.45, 2.75) is 19.8 Å². The Balaban J connectivity index is 2.52. The number of aromatic nitrogens is 3. The number of rotatable bonds is 2. The van der Waals surface area contributed by atoms with E-state index in [1.807, 2.05) is 13.8 Å². The molecule has 0 aliphatic heterocycles. The summed E-state index contributed by atoms with van der Waals surface area (Å²) in [6.45, 7) is 4.02. The molecule has 0 amide bonds. The van der Waals surface area contributed by atoms with Crippen LogP contribution in [0.3, 0.4) is 0 Å². The first kappa shape index (κ1) is 10.6. The third-order valence-corrected chi connectivity index (χ3v) is 2.35. The minimum Gasteiger partial charge on any atom is -0.381 e. The lowest BCUT2D eigenvalue weighted by atomic mass is 10.1. The lowest BCUT2D eigenvalue weighted by molar-refractivity contribution is 0.626. The molecule has 1 aromatic heterocycles. The quantitative estimate of drug-likeness (QED) is 0.843. The summed E-state index contributed by atoms with van der Waals surface area (Å²) in [4.78, 5) is 0. The molecule has 0 spiro atoms.